The first kappa shape index (κ1) is 22.3. The fourth-order valence-corrected chi connectivity index (χ4v) is 4.39. The van der Waals surface area contributed by atoms with Crippen molar-refractivity contribution in [3.8, 4) is 11.5 Å². The zero-order chi connectivity index (χ0) is 21.8. The van der Waals surface area contributed by atoms with Gasteiger partial charge in [0.2, 0.25) is 0 Å². The maximum Gasteiger partial charge on any atom is 0.269 e. The van der Waals surface area contributed by atoms with Gasteiger partial charge in [0.05, 0.1) is 20.9 Å². The number of non-ortho nitro benzene ring substituents is 1. The van der Waals surface area contributed by atoms with Crippen LogP contribution in [0, 0.1) is 10.1 Å². The van der Waals surface area contributed by atoms with Gasteiger partial charge >= 0.3 is 0 Å². The molecule has 2 aromatic rings. The smallest absolute Gasteiger partial charge is 0.269 e. The lowest BCUT2D eigenvalue weighted by atomic mass is 10.1. The van der Waals surface area contributed by atoms with E-state index < -0.39 is 4.92 Å². The monoisotopic (exact) mass is 508 g/mol. The van der Waals surface area contributed by atoms with Gasteiger partial charge in [-0.1, -0.05) is 24.0 Å². The average molecular weight is 509 g/mol. The van der Waals surface area contributed by atoms with Gasteiger partial charge in [0.1, 0.15) is 10.9 Å². The van der Waals surface area contributed by atoms with Crippen LogP contribution < -0.4 is 9.47 Å². The number of thiocarbonyl (C=S) groups is 1. The summed E-state index contributed by atoms with van der Waals surface area (Å²) in [4.78, 5) is 24.6. The van der Waals surface area contributed by atoms with Crippen LogP contribution in [0.15, 0.2) is 45.8 Å². The molecular weight excluding hydrogens is 492 g/mol. The van der Waals surface area contributed by atoms with Crippen LogP contribution in [0.25, 0.3) is 6.08 Å². The zero-order valence-corrected chi connectivity index (χ0v) is 19.3. The Bertz CT molecular complexity index is 1040. The van der Waals surface area contributed by atoms with Crippen molar-refractivity contribution in [1.82, 2.24) is 4.90 Å². The van der Waals surface area contributed by atoms with Gasteiger partial charge in [0.15, 0.2) is 11.5 Å². The average Bonchev–Trinajstić information content (AvgIpc) is 2.94. The number of carbonyl (C=O) groups is 1. The molecule has 0 N–H and O–H groups in total. The molecule has 1 fully saturated rings. The van der Waals surface area contributed by atoms with Crippen molar-refractivity contribution >= 4 is 61.9 Å². The van der Waals surface area contributed by atoms with Crippen LogP contribution in [0.5, 0.6) is 11.5 Å². The first-order valence-electron chi connectivity index (χ1n) is 8.84. The molecular formula is C20H17BrN2O5S2. The lowest BCUT2D eigenvalue weighted by molar-refractivity contribution is -0.384. The standard InChI is InChI=1S/C20H17BrN2O5S2/c1-3-27-16-9-13(10-17-19(24)22(2)20(29)30-17)8-15(21)18(16)28-11-12-4-6-14(7-5-12)23(25)26/h4-10H,3,11H2,1-2H3/b17-10-. The number of nitro groups is 1. The molecule has 0 bridgehead atoms. The van der Waals surface area contributed by atoms with E-state index in [1.165, 1.54) is 28.8 Å². The highest BCUT2D eigenvalue weighted by Gasteiger charge is 2.28. The molecule has 1 aliphatic heterocycles. The number of halogens is 1. The van der Waals surface area contributed by atoms with Crippen LogP contribution in [0.4, 0.5) is 5.69 Å². The highest BCUT2D eigenvalue weighted by atomic mass is 79.9. The fraction of sp³-hybridized carbons (Fsp3) is 0.200. The van der Waals surface area contributed by atoms with Crippen molar-refractivity contribution in [2.45, 2.75) is 13.5 Å². The lowest BCUT2D eigenvalue weighted by Crippen LogP contribution is -2.22. The van der Waals surface area contributed by atoms with Crippen LogP contribution in [0.1, 0.15) is 18.1 Å². The molecule has 30 heavy (non-hydrogen) atoms. The SMILES string of the molecule is CCOc1cc(/C=C2\SC(=S)N(C)C2=O)cc(Br)c1OCc1ccc([N+](=O)[O-])cc1. The van der Waals surface area contributed by atoms with E-state index in [4.69, 9.17) is 21.7 Å². The number of carbonyl (C=O) groups excluding carboxylic acids is 1. The van der Waals surface area contributed by atoms with Crippen molar-refractivity contribution in [2.75, 3.05) is 13.7 Å². The van der Waals surface area contributed by atoms with Gasteiger partial charge in [-0.3, -0.25) is 19.8 Å². The van der Waals surface area contributed by atoms with Crippen LogP contribution in [0.3, 0.4) is 0 Å². The Morgan fingerprint density at radius 1 is 1.27 bits per heavy atom. The summed E-state index contributed by atoms with van der Waals surface area (Å²) in [6.07, 6.45) is 1.76. The minimum absolute atomic E-state index is 0.0248. The summed E-state index contributed by atoms with van der Waals surface area (Å²) >= 11 is 9.92. The molecule has 2 aromatic carbocycles. The van der Waals surface area contributed by atoms with Gasteiger partial charge in [-0.25, -0.2) is 0 Å². The predicted molar refractivity (Wildman–Crippen MR) is 124 cm³/mol. The maximum absolute atomic E-state index is 12.2. The molecule has 1 saturated heterocycles. The Hall–Kier alpha value is -2.43. The molecule has 1 aliphatic rings. The summed E-state index contributed by atoms with van der Waals surface area (Å²) in [5, 5.41) is 10.8. The Labute approximate surface area is 191 Å². The molecule has 0 saturated carbocycles. The third kappa shape index (κ3) is 5.00. The van der Waals surface area contributed by atoms with Gasteiger partial charge in [-0.05, 0) is 64.3 Å². The summed E-state index contributed by atoms with van der Waals surface area (Å²) in [7, 11) is 1.65. The lowest BCUT2D eigenvalue weighted by Gasteiger charge is -2.15. The molecule has 7 nitrogen and oxygen atoms in total. The van der Waals surface area contributed by atoms with Gasteiger partial charge in [0.25, 0.3) is 11.6 Å². The molecule has 10 heteroatoms. The first-order chi connectivity index (χ1) is 14.3. The predicted octanol–water partition coefficient (Wildman–Crippen LogP) is 5.17. The second kappa shape index (κ2) is 9.59. The second-order valence-electron chi connectivity index (χ2n) is 6.22. The topological polar surface area (TPSA) is 81.9 Å². The van der Waals surface area contributed by atoms with E-state index in [2.05, 4.69) is 15.9 Å². The molecule has 0 radical (unpaired) electrons. The fourth-order valence-electron chi connectivity index (χ4n) is 2.64. The molecule has 156 valence electrons. The number of likely N-dealkylation sites (N-methyl/N-ethyl adjacent to an activating group) is 1. The number of rotatable bonds is 7. The van der Waals surface area contributed by atoms with Gasteiger partial charge in [-0.15, -0.1) is 0 Å². The van der Waals surface area contributed by atoms with E-state index in [-0.39, 0.29) is 18.2 Å². The summed E-state index contributed by atoms with van der Waals surface area (Å²) in [5.41, 5.74) is 1.57. The van der Waals surface area contributed by atoms with E-state index in [9.17, 15) is 14.9 Å². The quantitative estimate of drug-likeness (QED) is 0.221. The summed E-state index contributed by atoms with van der Waals surface area (Å²) in [6, 6.07) is 9.78. The third-order valence-corrected chi connectivity index (χ3v) is 6.22. The number of ether oxygens (including phenoxy) is 2. The minimum Gasteiger partial charge on any atom is -0.490 e. The Morgan fingerprint density at radius 3 is 2.53 bits per heavy atom. The highest BCUT2D eigenvalue weighted by molar-refractivity contribution is 9.10. The van der Waals surface area contributed by atoms with Crippen molar-refractivity contribution in [3.63, 3.8) is 0 Å². The van der Waals surface area contributed by atoms with Gasteiger partial charge < -0.3 is 9.47 Å². The third-order valence-electron chi connectivity index (χ3n) is 4.15. The molecule has 0 aliphatic carbocycles. The highest BCUT2D eigenvalue weighted by Crippen LogP contribution is 2.39. The molecule has 1 amide bonds. The van der Waals surface area contributed by atoms with Crippen LogP contribution in [-0.2, 0) is 11.4 Å². The second-order valence-corrected chi connectivity index (χ2v) is 8.75. The van der Waals surface area contributed by atoms with Crippen LogP contribution in [0.2, 0.25) is 0 Å². The molecule has 3 rings (SSSR count). The molecule has 0 unspecified atom stereocenters. The molecule has 0 atom stereocenters. The molecule has 0 aromatic heterocycles. The van der Waals surface area contributed by atoms with Gasteiger partial charge in [-0.2, -0.15) is 0 Å². The summed E-state index contributed by atoms with van der Waals surface area (Å²) < 4.78 is 12.8. The summed E-state index contributed by atoms with van der Waals surface area (Å²) in [6.45, 7) is 2.51. The number of thioether (sulfide) groups is 1. The largest absolute Gasteiger partial charge is 0.490 e. The van der Waals surface area contributed by atoms with Gasteiger partial charge in [0, 0.05) is 19.2 Å². The Balaban J connectivity index is 1.84. The van der Waals surface area contributed by atoms with E-state index in [1.54, 1.807) is 31.3 Å². The number of hydrogen-bond donors (Lipinski definition) is 0. The minimum atomic E-state index is -0.445. The Morgan fingerprint density at radius 2 is 1.97 bits per heavy atom. The van der Waals surface area contributed by atoms with Crippen molar-refractivity contribution in [1.29, 1.82) is 0 Å². The van der Waals surface area contributed by atoms with E-state index >= 15 is 0 Å². The number of nitrogens with zero attached hydrogens (tertiary/aromatic N) is 2. The van der Waals surface area contributed by atoms with Crippen LogP contribution >= 0.6 is 39.9 Å². The van der Waals surface area contributed by atoms with Crippen molar-refractivity contribution < 1.29 is 19.2 Å². The Kier molecular flexibility index (Phi) is 7.11. The number of hydrogen-bond acceptors (Lipinski definition) is 7. The van der Waals surface area contributed by atoms with E-state index in [1.807, 2.05) is 13.0 Å². The first-order valence-corrected chi connectivity index (χ1v) is 10.9. The van der Waals surface area contributed by atoms with E-state index in [0.717, 1.165) is 11.1 Å². The normalized spacial score (nSPS) is 15.0. The number of nitro benzene ring substituents is 1. The summed E-state index contributed by atoms with van der Waals surface area (Å²) in [5.74, 6) is 0.889. The number of benzene rings is 2. The van der Waals surface area contributed by atoms with Crippen molar-refractivity contribution in [3.05, 3.63) is 67.0 Å². The van der Waals surface area contributed by atoms with Crippen molar-refractivity contribution in [2.24, 2.45) is 0 Å². The zero-order valence-electron chi connectivity index (χ0n) is 16.1. The molecule has 0 spiro atoms. The number of amides is 1. The van der Waals surface area contributed by atoms with Crippen LogP contribution in [-0.4, -0.2) is 33.7 Å². The van der Waals surface area contributed by atoms with E-state index in [0.29, 0.717) is 31.8 Å². The maximum atomic E-state index is 12.2. The molecule has 1 heterocycles.